The van der Waals surface area contributed by atoms with E-state index in [1.165, 1.54) is 0 Å². The first-order valence-electron chi connectivity index (χ1n) is 5.70. The molecule has 0 saturated heterocycles. The van der Waals surface area contributed by atoms with Crippen molar-refractivity contribution >= 4 is 18.6 Å². The predicted octanol–water partition coefficient (Wildman–Crippen LogP) is 1.91. The maximum Gasteiger partial charge on any atom is 0.303 e. The first-order valence-corrected chi connectivity index (χ1v) is 6.33. The Labute approximate surface area is 96.8 Å². The average Bonchev–Trinajstić information content (AvgIpc) is 2.20. The Morgan fingerprint density at radius 3 is 2.33 bits per heavy atom. The van der Waals surface area contributed by atoms with E-state index in [4.69, 9.17) is 10.8 Å². The Morgan fingerprint density at radius 2 is 1.87 bits per heavy atom. The molecule has 3 N–H and O–H groups in total. The maximum absolute atomic E-state index is 10.5. The molecule has 0 spiro atoms. The minimum atomic E-state index is -0.662. The van der Waals surface area contributed by atoms with E-state index in [2.05, 4.69) is 12.6 Å². The molecule has 1 fully saturated rings. The molecule has 1 saturated carbocycles. The van der Waals surface area contributed by atoms with E-state index in [0.29, 0.717) is 18.3 Å². The summed E-state index contributed by atoms with van der Waals surface area (Å²) >= 11 is 4.18. The van der Waals surface area contributed by atoms with Crippen molar-refractivity contribution in [3.8, 4) is 0 Å². The number of hydrogen-bond donors (Lipinski definition) is 3. The van der Waals surface area contributed by atoms with Gasteiger partial charge in [-0.05, 0) is 31.1 Å². The highest BCUT2D eigenvalue weighted by Gasteiger charge is 2.23. The maximum atomic E-state index is 10.5. The van der Waals surface area contributed by atoms with Crippen LogP contribution in [0.1, 0.15) is 38.5 Å². The zero-order valence-corrected chi connectivity index (χ0v) is 9.96. The van der Waals surface area contributed by atoms with Gasteiger partial charge < -0.3 is 10.8 Å². The van der Waals surface area contributed by atoms with E-state index in [-0.39, 0.29) is 6.04 Å². The molecule has 4 heteroatoms. The normalized spacial score (nSPS) is 28.7. The summed E-state index contributed by atoms with van der Waals surface area (Å²) in [4.78, 5) is 10.5. The lowest BCUT2D eigenvalue weighted by atomic mass is 9.78. The summed E-state index contributed by atoms with van der Waals surface area (Å²) < 4.78 is 0. The van der Waals surface area contributed by atoms with Gasteiger partial charge in [-0.1, -0.05) is 12.8 Å². The van der Waals surface area contributed by atoms with Gasteiger partial charge in [0.15, 0.2) is 0 Å². The average molecular weight is 231 g/mol. The predicted molar refractivity (Wildman–Crippen MR) is 64.1 cm³/mol. The molecule has 1 atom stereocenters. The number of aliphatic carboxylic acids is 1. The van der Waals surface area contributed by atoms with Crippen LogP contribution in [0.25, 0.3) is 0 Å². The van der Waals surface area contributed by atoms with Gasteiger partial charge in [0.1, 0.15) is 0 Å². The summed E-state index contributed by atoms with van der Waals surface area (Å²) in [6.07, 6.45) is 5.76. The summed E-state index contributed by atoms with van der Waals surface area (Å²) in [7, 11) is 0. The molecule has 15 heavy (non-hydrogen) atoms. The second-order valence-corrected chi connectivity index (χ2v) is 5.03. The molecule has 0 heterocycles. The molecule has 0 unspecified atom stereocenters. The third-order valence-corrected chi connectivity index (χ3v) is 3.77. The fourth-order valence-corrected chi connectivity index (χ4v) is 2.57. The Balaban J connectivity index is 2.20. The Morgan fingerprint density at radius 1 is 1.33 bits per heavy atom. The Bertz CT molecular complexity index is 203. The molecule has 1 rings (SSSR count). The van der Waals surface area contributed by atoms with Gasteiger partial charge >= 0.3 is 5.97 Å². The van der Waals surface area contributed by atoms with Gasteiger partial charge in [0, 0.05) is 18.2 Å². The number of hydrogen-bond acceptors (Lipinski definition) is 3. The zero-order valence-electron chi connectivity index (χ0n) is 9.06. The van der Waals surface area contributed by atoms with Crippen molar-refractivity contribution in [1.29, 1.82) is 0 Å². The number of nitrogens with two attached hydrogens (primary N) is 1. The van der Waals surface area contributed by atoms with Crippen molar-refractivity contribution in [1.82, 2.24) is 0 Å². The summed E-state index contributed by atoms with van der Waals surface area (Å²) in [5.41, 5.74) is 5.85. The second kappa shape index (κ2) is 6.38. The van der Waals surface area contributed by atoms with E-state index < -0.39 is 5.97 Å². The molecule has 0 amide bonds. The Hall–Kier alpha value is -0.220. The third kappa shape index (κ3) is 4.89. The quantitative estimate of drug-likeness (QED) is 0.633. The summed E-state index contributed by atoms with van der Waals surface area (Å²) in [6, 6.07) is 0.203. The SMILES string of the molecule is N[C@@H](CS)CC1CCC(CC(=O)O)CC1. The van der Waals surface area contributed by atoms with Crippen LogP contribution in [0.5, 0.6) is 0 Å². The minimum Gasteiger partial charge on any atom is -0.481 e. The van der Waals surface area contributed by atoms with Crippen LogP contribution in [0.3, 0.4) is 0 Å². The first-order chi connectivity index (χ1) is 7.11. The van der Waals surface area contributed by atoms with E-state index in [0.717, 1.165) is 37.9 Å². The van der Waals surface area contributed by atoms with Gasteiger partial charge in [0.2, 0.25) is 0 Å². The number of rotatable bonds is 5. The van der Waals surface area contributed by atoms with Crippen molar-refractivity contribution in [3.05, 3.63) is 0 Å². The van der Waals surface area contributed by atoms with Gasteiger partial charge in [-0.3, -0.25) is 4.79 Å². The first kappa shape index (κ1) is 12.8. The fourth-order valence-electron chi connectivity index (χ4n) is 2.42. The van der Waals surface area contributed by atoms with Crippen LogP contribution in [0.4, 0.5) is 0 Å². The van der Waals surface area contributed by atoms with Crippen LogP contribution in [-0.2, 0) is 4.79 Å². The van der Waals surface area contributed by atoms with Crippen LogP contribution in [0, 0.1) is 11.8 Å². The lowest BCUT2D eigenvalue weighted by Gasteiger charge is -2.28. The molecule has 0 aromatic carbocycles. The van der Waals surface area contributed by atoms with Crippen LogP contribution < -0.4 is 5.73 Å². The van der Waals surface area contributed by atoms with Crippen LogP contribution in [0.15, 0.2) is 0 Å². The van der Waals surface area contributed by atoms with E-state index >= 15 is 0 Å². The molecule has 3 nitrogen and oxygen atoms in total. The highest BCUT2D eigenvalue weighted by Crippen LogP contribution is 2.33. The molecule has 1 aliphatic rings. The molecule has 0 bridgehead atoms. The van der Waals surface area contributed by atoms with Crippen LogP contribution in [-0.4, -0.2) is 22.9 Å². The van der Waals surface area contributed by atoms with Crippen molar-refractivity contribution in [3.63, 3.8) is 0 Å². The minimum absolute atomic E-state index is 0.203. The van der Waals surface area contributed by atoms with Gasteiger partial charge in [-0.2, -0.15) is 12.6 Å². The summed E-state index contributed by atoms with van der Waals surface area (Å²) in [6.45, 7) is 0. The third-order valence-electron chi connectivity index (χ3n) is 3.30. The molecule has 0 aliphatic heterocycles. The Kier molecular flexibility index (Phi) is 5.47. The van der Waals surface area contributed by atoms with Gasteiger partial charge in [-0.15, -0.1) is 0 Å². The van der Waals surface area contributed by atoms with Gasteiger partial charge in [0.05, 0.1) is 0 Å². The monoisotopic (exact) mass is 231 g/mol. The number of thiol groups is 1. The van der Waals surface area contributed by atoms with Crippen LogP contribution in [0.2, 0.25) is 0 Å². The van der Waals surface area contributed by atoms with E-state index in [1.54, 1.807) is 0 Å². The summed E-state index contributed by atoms with van der Waals surface area (Å²) in [5.74, 6) is 1.17. The van der Waals surface area contributed by atoms with Gasteiger partial charge in [-0.25, -0.2) is 0 Å². The standard InChI is InChI=1S/C11H21NO2S/c12-10(7-15)5-8-1-3-9(4-2-8)6-11(13)14/h8-10,15H,1-7,12H2,(H,13,14)/t8?,9?,10-/m1/s1. The largest absolute Gasteiger partial charge is 0.481 e. The molecule has 0 aromatic rings. The second-order valence-electron chi connectivity index (χ2n) is 4.66. The van der Waals surface area contributed by atoms with Crippen molar-refractivity contribution in [2.75, 3.05) is 5.75 Å². The fraction of sp³-hybridized carbons (Fsp3) is 0.909. The molecule has 88 valence electrons. The number of carboxylic acids is 1. The molecule has 0 aromatic heterocycles. The topological polar surface area (TPSA) is 63.3 Å². The smallest absolute Gasteiger partial charge is 0.303 e. The highest BCUT2D eigenvalue weighted by atomic mass is 32.1. The summed E-state index contributed by atoms with van der Waals surface area (Å²) in [5, 5.41) is 8.69. The van der Waals surface area contributed by atoms with Crippen molar-refractivity contribution in [2.24, 2.45) is 17.6 Å². The van der Waals surface area contributed by atoms with Crippen LogP contribution >= 0.6 is 12.6 Å². The van der Waals surface area contributed by atoms with Gasteiger partial charge in [0.25, 0.3) is 0 Å². The van der Waals surface area contributed by atoms with Crippen molar-refractivity contribution < 1.29 is 9.90 Å². The molecule has 1 aliphatic carbocycles. The van der Waals surface area contributed by atoms with E-state index in [9.17, 15) is 4.79 Å². The lowest BCUT2D eigenvalue weighted by molar-refractivity contribution is -0.138. The van der Waals surface area contributed by atoms with Crippen molar-refractivity contribution in [2.45, 2.75) is 44.6 Å². The highest BCUT2D eigenvalue weighted by molar-refractivity contribution is 7.80. The molecule has 0 radical (unpaired) electrons. The van der Waals surface area contributed by atoms with E-state index in [1.807, 2.05) is 0 Å². The zero-order chi connectivity index (χ0) is 11.3. The molecular formula is C11H21NO2S. The molecular weight excluding hydrogens is 210 g/mol. The number of carboxylic acid groups (broad SMARTS) is 1. The number of carbonyl (C=O) groups is 1. The lowest BCUT2D eigenvalue weighted by Crippen LogP contribution is -2.27.